The molecule has 1 saturated heterocycles. The fourth-order valence-electron chi connectivity index (χ4n) is 2.79. The zero-order chi connectivity index (χ0) is 14.4. The van der Waals surface area contributed by atoms with Crippen molar-refractivity contribution in [3.63, 3.8) is 0 Å². The van der Waals surface area contributed by atoms with E-state index in [1.54, 1.807) is 0 Å². The van der Waals surface area contributed by atoms with Gasteiger partial charge in [0.15, 0.2) is 0 Å². The Morgan fingerprint density at radius 2 is 2.10 bits per heavy atom. The van der Waals surface area contributed by atoms with E-state index in [1.165, 1.54) is 24.0 Å². The maximum absolute atomic E-state index is 12.1. The van der Waals surface area contributed by atoms with Crippen molar-refractivity contribution in [2.24, 2.45) is 0 Å². The zero-order valence-corrected chi connectivity index (χ0v) is 13.8. The van der Waals surface area contributed by atoms with Crippen molar-refractivity contribution in [2.45, 2.75) is 58.0 Å². The Bertz CT molecular complexity index is 427. The number of amides is 1. The minimum absolute atomic E-state index is 0. The van der Waals surface area contributed by atoms with E-state index in [0.717, 1.165) is 19.4 Å². The Hall–Kier alpha value is -1.06. The van der Waals surface area contributed by atoms with Crippen LogP contribution in [0.15, 0.2) is 24.3 Å². The van der Waals surface area contributed by atoms with Crippen LogP contribution in [0, 0.1) is 6.92 Å². The summed E-state index contributed by atoms with van der Waals surface area (Å²) in [4.78, 5) is 12.1. The predicted octanol–water partition coefficient (Wildman–Crippen LogP) is 3.52. The molecule has 1 fully saturated rings. The van der Waals surface area contributed by atoms with Crippen LogP contribution in [-0.2, 0) is 4.79 Å². The van der Waals surface area contributed by atoms with E-state index in [-0.39, 0.29) is 24.4 Å². The van der Waals surface area contributed by atoms with Gasteiger partial charge in [0.2, 0.25) is 5.91 Å². The highest BCUT2D eigenvalue weighted by Gasteiger charge is 2.17. The molecule has 2 rings (SSSR count). The third-order valence-corrected chi connectivity index (χ3v) is 4.11. The summed E-state index contributed by atoms with van der Waals surface area (Å²) in [6, 6.07) is 9.11. The molecule has 1 aliphatic heterocycles. The van der Waals surface area contributed by atoms with Gasteiger partial charge in [-0.05, 0) is 44.7 Å². The largest absolute Gasteiger partial charge is 0.349 e. The van der Waals surface area contributed by atoms with E-state index in [0.29, 0.717) is 12.5 Å². The summed E-state index contributed by atoms with van der Waals surface area (Å²) in [7, 11) is 0. The van der Waals surface area contributed by atoms with E-state index in [1.807, 2.05) is 0 Å². The first-order chi connectivity index (χ1) is 9.69. The van der Waals surface area contributed by atoms with Crippen molar-refractivity contribution >= 4 is 18.3 Å². The fraction of sp³-hybridized carbons (Fsp3) is 0.588. The smallest absolute Gasteiger partial charge is 0.220 e. The monoisotopic (exact) mass is 310 g/mol. The second-order valence-corrected chi connectivity index (χ2v) is 5.77. The summed E-state index contributed by atoms with van der Waals surface area (Å²) in [6.07, 6.45) is 4.96. The number of carbonyl (C=O) groups is 1. The highest BCUT2D eigenvalue weighted by molar-refractivity contribution is 5.85. The number of hydrogen-bond donors (Lipinski definition) is 2. The highest BCUT2D eigenvalue weighted by atomic mass is 35.5. The molecule has 0 saturated carbocycles. The molecule has 0 aliphatic carbocycles. The van der Waals surface area contributed by atoms with E-state index in [9.17, 15) is 4.79 Å². The highest BCUT2D eigenvalue weighted by Crippen LogP contribution is 2.18. The molecule has 2 N–H and O–H groups in total. The minimum Gasteiger partial charge on any atom is -0.349 e. The summed E-state index contributed by atoms with van der Waals surface area (Å²) < 4.78 is 0. The van der Waals surface area contributed by atoms with Gasteiger partial charge < -0.3 is 10.6 Å². The van der Waals surface area contributed by atoms with E-state index >= 15 is 0 Å². The molecule has 21 heavy (non-hydrogen) atoms. The Balaban J connectivity index is 0.00000220. The SMILES string of the molecule is CCC(NC(=O)CCC1CCCN1)c1ccc(C)cc1.Cl. The standard InChI is InChI=1S/C17H26N2O.ClH/c1-3-16(14-8-6-13(2)7-9-14)19-17(20)11-10-15-5-4-12-18-15;/h6-9,15-16,18H,3-5,10-12H2,1-2H3,(H,19,20);1H. The van der Waals surface area contributed by atoms with Crippen molar-refractivity contribution in [1.82, 2.24) is 10.6 Å². The zero-order valence-electron chi connectivity index (χ0n) is 13.0. The predicted molar refractivity (Wildman–Crippen MR) is 89.9 cm³/mol. The lowest BCUT2D eigenvalue weighted by atomic mass is 10.0. The quantitative estimate of drug-likeness (QED) is 0.844. The van der Waals surface area contributed by atoms with Crippen LogP contribution in [0.3, 0.4) is 0 Å². The molecule has 0 spiro atoms. The van der Waals surface area contributed by atoms with Gasteiger partial charge in [-0.2, -0.15) is 0 Å². The third kappa shape index (κ3) is 5.68. The fourth-order valence-corrected chi connectivity index (χ4v) is 2.79. The number of benzene rings is 1. The Labute approximate surface area is 134 Å². The van der Waals surface area contributed by atoms with Crippen LogP contribution in [0.1, 0.15) is 56.2 Å². The van der Waals surface area contributed by atoms with Gasteiger partial charge in [0, 0.05) is 12.5 Å². The first-order valence-corrected chi connectivity index (χ1v) is 7.78. The molecule has 0 radical (unpaired) electrons. The second kappa shape index (κ2) is 9.06. The van der Waals surface area contributed by atoms with E-state index in [4.69, 9.17) is 0 Å². The van der Waals surface area contributed by atoms with Crippen molar-refractivity contribution in [1.29, 1.82) is 0 Å². The van der Waals surface area contributed by atoms with Crippen LogP contribution in [0.2, 0.25) is 0 Å². The Morgan fingerprint density at radius 3 is 2.67 bits per heavy atom. The first-order valence-electron chi connectivity index (χ1n) is 7.78. The molecule has 1 aliphatic rings. The molecule has 118 valence electrons. The second-order valence-electron chi connectivity index (χ2n) is 5.77. The lowest BCUT2D eigenvalue weighted by molar-refractivity contribution is -0.122. The van der Waals surface area contributed by atoms with Gasteiger partial charge in [-0.15, -0.1) is 12.4 Å². The van der Waals surface area contributed by atoms with Gasteiger partial charge in [-0.3, -0.25) is 4.79 Å². The van der Waals surface area contributed by atoms with Gasteiger partial charge in [-0.1, -0.05) is 36.8 Å². The number of carbonyl (C=O) groups excluding carboxylic acids is 1. The van der Waals surface area contributed by atoms with Crippen LogP contribution >= 0.6 is 12.4 Å². The molecule has 1 heterocycles. The van der Waals surface area contributed by atoms with Crippen LogP contribution in [-0.4, -0.2) is 18.5 Å². The van der Waals surface area contributed by atoms with Crippen molar-refractivity contribution in [2.75, 3.05) is 6.54 Å². The Kier molecular flexibility index (Phi) is 7.76. The summed E-state index contributed by atoms with van der Waals surface area (Å²) in [5.41, 5.74) is 2.45. The molecule has 2 atom stereocenters. The lowest BCUT2D eigenvalue weighted by Crippen LogP contribution is -2.30. The lowest BCUT2D eigenvalue weighted by Gasteiger charge is -2.18. The first kappa shape index (κ1) is 18.0. The maximum Gasteiger partial charge on any atom is 0.220 e. The number of aryl methyl sites for hydroxylation is 1. The van der Waals surface area contributed by atoms with Gasteiger partial charge in [0.25, 0.3) is 0 Å². The normalized spacial score (nSPS) is 18.9. The summed E-state index contributed by atoms with van der Waals surface area (Å²) in [5, 5.41) is 6.60. The summed E-state index contributed by atoms with van der Waals surface area (Å²) in [6.45, 7) is 5.30. The molecular weight excluding hydrogens is 284 g/mol. The van der Waals surface area contributed by atoms with Gasteiger partial charge >= 0.3 is 0 Å². The summed E-state index contributed by atoms with van der Waals surface area (Å²) in [5.74, 6) is 0.172. The van der Waals surface area contributed by atoms with E-state index < -0.39 is 0 Å². The molecule has 0 bridgehead atoms. The van der Waals surface area contributed by atoms with Crippen LogP contribution in [0.4, 0.5) is 0 Å². The minimum atomic E-state index is 0. The molecule has 1 aromatic rings. The average Bonchev–Trinajstić information content (AvgIpc) is 2.97. The van der Waals surface area contributed by atoms with Crippen molar-refractivity contribution in [3.8, 4) is 0 Å². The Morgan fingerprint density at radius 1 is 1.38 bits per heavy atom. The molecule has 2 unspecified atom stereocenters. The summed E-state index contributed by atoms with van der Waals surface area (Å²) >= 11 is 0. The molecule has 1 aromatic carbocycles. The van der Waals surface area contributed by atoms with Crippen LogP contribution in [0.5, 0.6) is 0 Å². The topological polar surface area (TPSA) is 41.1 Å². The number of rotatable bonds is 6. The van der Waals surface area contributed by atoms with E-state index in [2.05, 4.69) is 48.7 Å². The third-order valence-electron chi connectivity index (χ3n) is 4.11. The molecule has 3 nitrogen and oxygen atoms in total. The average molecular weight is 311 g/mol. The van der Waals surface area contributed by atoms with Crippen molar-refractivity contribution in [3.05, 3.63) is 35.4 Å². The molecule has 4 heteroatoms. The van der Waals surface area contributed by atoms with Crippen molar-refractivity contribution < 1.29 is 4.79 Å². The molecular formula is C17H27ClN2O. The number of hydrogen-bond acceptors (Lipinski definition) is 2. The van der Waals surface area contributed by atoms with Gasteiger partial charge in [0.1, 0.15) is 0 Å². The number of nitrogens with one attached hydrogen (secondary N) is 2. The van der Waals surface area contributed by atoms with Gasteiger partial charge in [-0.25, -0.2) is 0 Å². The van der Waals surface area contributed by atoms with Gasteiger partial charge in [0.05, 0.1) is 6.04 Å². The van der Waals surface area contributed by atoms with Crippen LogP contribution in [0.25, 0.3) is 0 Å². The molecule has 1 amide bonds. The number of halogens is 1. The maximum atomic E-state index is 12.1. The van der Waals surface area contributed by atoms with Crippen LogP contribution < -0.4 is 10.6 Å². The molecule has 0 aromatic heterocycles.